The van der Waals surface area contributed by atoms with Crippen molar-refractivity contribution in [2.45, 2.75) is 5.91 Å². The quantitative estimate of drug-likeness (QED) is 0.820. The van der Waals surface area contributed by atoms with Crippen molar-refractivity contribution >= 4 is 5.69 Å². The Morgan fingerprint density at radius 2 is 1.40 bits per heavy atom. The fraction of sp³-hybridized carbons (Fsp3) is 0.250. The van der Waals surface area contributed by atoms with Crippen LogP contribution in [-0.4, -0.2) is 21.3 Å². The third kappa shape index (κ3) is 2.76. The van der Waals surface area contributed by atoms with Crippen LogP contribution in [0.3, 0.4) is 0 Å². The van der Waals surface area contributed by atoms with Crippen molar-refractivity contribution in [1.29, 1.82) is 0 Å². The lowest BCUT2D eigenvalue weighted by Crippen LogP contribution is -2.39. The molecule has 0 aliphatic rings. The first kappa shape index (κ1) is 14.4. The fourth-order valence-corrected chi connectivity index (χ4v) is 2.10. The molecule has 0 atom stereocenters. The summed E-state index contributed by atoms with van der Waals surface area (Å²) in [5, 5.41) is 3.26. The number of ether oxygens (including phenoxy) is 3. The van der Waals surface area contributed by atoms with Crippen LogP contribution in [0.1, 0.15) is 5.56 Å². The van der Waals surface area contributed by atoms with Gasteiger partial charge < -0.3 is 19.5 Å². The third-order valence-electron chi connectivity index (χ3n) is 3.12. The monoisotopic (exact) mass is 273 g/mol. The van der Waals surface area contributed by atoms with E-state index in [1.54, 1.807) is 21.3 Å². The average molecular weight is 273 g/mol. The van der Waals surface area contributed by atoms with E-state index in [-0.39, 0.29) is 0 Å². The van der Waals surface area contributed by atoms with Gasteiger partial charge >= 0.3 is 0 Å². The van der Waals surface area contributed by atoms with E-state index in [0.29, 0.717) is 5.75 Å². The Balaban J connectivity index is 2.43. The molecule has 0 amide bonds. The van der Waals surface area contributed by atoms with Gasteiger partial charge in [-0.2, -0.15) is 0 Å². The molecule has 20 heavy (non-hydrogen) atoms. The SMILES string of the molecule is COc1ccccc1C(Nc1ccccc1)(OC)OC. The van der Waals surface area contributed by atoms with Gasteiger partial charge in [0, 0.05) is 19.9 Å². The van der Waals surface area contributed by atoms with Crippen molar-refractivity contribution in [1.82, 2.24) is 0 Å². The van der Waals surface area contributed by atoms with Crippen LogP contribution in [0.4, 0.5) is 5.69 Å². The maximum absolute atomic E-state index is 5.61. The van der Waals surface area contributed by atoms with Gasteiger partial charge in [0.25, 0.3) is 5.91 Å². The molecule has 106 valence electrons. The Kier molecular flexibility index (Phi) is 4.61. The van der Waals surface area contributed by atoms with Crippen LogP contribution in [0, 0.1) is 0 Å². The summed E-state index contributed by atoms with van der Waals surface area (Å²) in [6.07, 6.45) is 0. The van der Waals surface area contributed by atoms with Crippen molar-refractivity contribution in [2.75, 3.05) is 26.6 Å². The van der Waals surface area contributed by atoms with E-state index in [2.05, 4.69) is 5.32 Å². The Morgan fingerprint density at radius 1 is 0.800 bits per heavy atom. The summed E-state index contributed by atoms with van der Waals surface area (Å²) in [6.45, 7) is 0. The number of anilines is 1. The minimum Gasteiger partial charge on any atom is -0.496 e. The predicted molar refractivity (Wildman–Crippen MR) is 78.8 cm³/mol. The summed E-state index contributed by atoms with van der Waals surface area (Å²) >= 11 is 0. The van der Waals surface area contributed by atoms with Crippen molar-refractivity contribution in [3.63, 3.8) is 0 Å². The lowest BCUT2D eigenvalue weighted by Gasteiger charge is -2.33. The second-order valence-corrected chi connectivity index (χ2v) is 4.22. The van der Waals surface area contributed by atoms with Crippen LogP contribution in [0.15, 0.2) is 54.6 Å². The van der Waals surface area contributed by atoms with Gasteiger partial charge in [-0.1, -0.05) is 30.3 Å². The average Bonchev–Trinajstić information content (AvgIpc) is 2.54. The molecule has 4 nitrogen and oxygen atoms in total. The molecule has 0 unspecified atom stereocenters. The van der Waals surface area contributed by atoms with Crippen molar-refractivity contribution < 1.29 is 14.2 Å². The van der Waals surface area contributed by atoms with E-state index in [4.69, 9.17) is 14.2 Å². The van der Waals surface area contributed by atoms with Gasteiger partial charge in [-0.25, -0.2) is 0 Å². The molecule has 0 bridgehead atoms. The van der Waals surface area contributed by atoms with Crippen LogP contribution < -0.4 is 10.1 Å². The first-order valence-corrected chi connectivity index (χ1v) is 6.33. The third-order valence-corrected chi connectivity index (χ3v) is 3.12. The van der Waals surface area contributed by atoms with E-state index >= 15 is 0 Å². The molecule has 2 rings (SSSR count). The van der Waals surface area contributed by atoms with E-state index in [1.807, 2.05) is 54.6 Å². The smallest absolute Gasteiger partial charge is 0.280 e. The van der Waals surface area contributed by atoms with E-state index in [0.717, 1.165) is 11.3 Å². The molecule has 0 aromatic heterocycles. The summed E-state index contributed by atoms with van der Waals surface area (Å²) in [6, 6.07) is 17.3. The largest absolute Gasteiger partial charge is 0.496 e. The van der Waals surface area contributed by atoms with Gasteiger partial charge in [0.05, 0.1) is 12.7 Å². The zero-order chi connectivity index (χ0) is 14.4. The van der Waals surface area contributed by atoms with Gasteiger partial charge in [0.15, 0.2) is 0 Å². The molecule has 2 aromatic rings. The van der Waals surface area contributed by atoms with Crippen LogP contribution in [0.25, 0.3) is 0 Å². The molecule has 1 N–H and O–H groups in total. The maximum Gasteiger partial charge on any atom is 0.280 e. The highest BCUT2D eigenvalue weighted by atomic mass is 16.7. The number of methoxy groups -OCH3 is 3. The summed E-state index contributed by atoms with van der Waals surface area (Å²) in [5.74, 6) is -0.409. The molecular formula is C16H19NO3. The van der Waals surface area contributed by atoms with E-state index in [1.165, 1.54) is 0 Å². The zero-order valence-corrected chi connectivity index (χ0v) is 11.9. The van der Waals surface area contributed by atoms with Crippen LogP contribution in [0.2, 0.25) is 0 Å². The summed E-state index contributed by atoms with van der Waals surface area (Å²) in [7, 11) is 4.80. The predicted octanol–water partition coefficient (Wildman–Crippen LogP) is 3.21. The zero-order valence-electron chi connectivity index (χ0n) is 11.9. The van der Waals surface area contributed by atoms with Gasteiger partial charge in [0.1, 0.15) is 5.75 Å². The minimum atomic E-state index is -1.10. The molecule has 0 spiro atoms. The molecule has 0 heterocycles. The number of hydrogen-bond acceptors (Lipinski definition) is 4. The highest BCUT2D eigenvalue weighted by Gasteiger charge is 2.35. The highest BCUT2D eigenvalue weighted by Crippen LogP contribution is 2.34. The fourth-order valence-electron chi connectivity index (χ4n) is 2.10. The molecule has 0 aliphatic carbocycles. The van der Waals surface area contributed by atoms with Crippen LogP contribution >= 0.6 is 0 Å². The lowest BCUT2D eigenvalue weighted by molar-refractivity contribution is -0.194. The number of benzene rings is 2. The normalized spacial score (nSPS) is 11.2. The number of para-hydroxylation sites is 2. The first-order valence-electron chi connectivity index (χ1n) is 6.33. The van der Waals surface area contributed by atoms with Gasteiger partial charge in [-0.3, -0.25) is 0 Å². The first-order chi connectivity index (χ1) is 9.75. The van der Waals surface area contributed by atoms with Gasteiger partial charge in [0.2, 0.25) is 0 Å². The van der Waals surface area contributed by atoms with E-state index in [9.17, 15) is 0 Å². The van der Waals surface area contributed by atoms with Gasteiger partial charge in [-0.05, 0) is 24.3 Å². The molecule has 4 heteroatoms. The second-order valence-electron chi connectivity index (χ2n) is 4.22. The number of rotatable bonds is 6. The number of nitrogens with one attached hydrogen (secondary N) is 1. The van der Waals surface area contributed by atoms with E-state index < -0.39 is 5.91 Å². The molecular weight excluding hydrogens is 254 g/mol. The van der Waals surface area contributed by atoms with Crippen molar-refractivity contribution in [3.8, 4) is 5.75 Å². The highest BCUT2D eigenvalue weighted by molar-refractivity contribution is 5.48. The van der Waals surface area contributed by atoms with Crippen molar-refractivity contribution in [3.05, 3.63) is 60.2 Å². The second kappa shape index (κ2) is 6.41. The molecule has 0 aliphatic heterocycles. The Bertz CT molecular complexity index is 538. The summed E-state index contributed by atoms with van der Waals surface area (Å²) in [5.41, 5.74) is 1.67. The lowest BCUT2D eigenvalue weighted by atomic mass is 10.1. The topological polar surface area (TPSA) is 39.7 Å². The van der Waals surface area contributed by atoms with Crippen molar-refractivity contribution in [2.24, 2.45) is 0 Å². The maximum atomic E-state index is 5.61. The number of hydrogen-bond donors (Lipinski definition) is 1. The molecule has 0 saturated heterocycles. The summed E-state index contributed by atoms with van der Waals surface area (Å²) in [4.78, 5) is 0. The Labute approximate surface area is 119 Å². The molecule has 0 fully saturated rings. The Morgan fingerprint density at radius 3 is 2.00 bits per heavy atom. The standard InChI is InChI=1S/C16H19NO3/c1-18-15-12-8-7-11-14(15)16(19-2,20-3)17-13-9-5-4-6-10-13/h4-12,17H,1-3H3. The summed E-state index contributed by atoms with van der Waals surface area (Å²) < 4.78 is 16.6. The van der Waals surface area contributed by atoms with Crippen LogP contribution in [-0.2, 0) is 15.4 Å². The molecule has 0 saturated carbocycles. The van der Waals surface area contributed by atoms with Gasteiger partial charge in [-0.15, -0.1) is 0 Å². The molecule has 2 aromatic carbocycles. The Hall–Kier alpha value is -2.04. The van der Waals surface area contributed by atoms with Crippen LogP contribution in [0.5, 0.6) is 5.75 Å². The molecule has 0 radical (unpaired) electrons. The minimum absolute atomic E-state index is 0.694.